The first-order valence-electron chi connectivity index (χ1n) is 16.7. The fourth-order valence-electron chi connectivity index (χ4n) is 8.18. The van der Waals surface area contributed by atoms with Crippen molar-refractivity contribution < 1.29 is 27.5 Å². The number of methoxy groups -OCH3 is 1. The smallest absolute Gasteiger partial charge is 0.407 e. The van der Waals surface area contributed by atoms with Gasteiger partial charge in [-0.25, -0.2) is 13.2 Å². The average molecular weight is 667 g/mol. The van der Waals surface area contributed by atoms with E-state index in [4.69, 9.17) is 21.1 Å². The van der Waals surface area contributed by atoms with Crippen LogP contribution in [0.4, 0.5) is 4.79 Å². The van der Waals surface area contributed by atoms with Crippen LogP contribution in [0.15, 0.2) is 24.3 Å². The van der Waals surface area contributed by atoms with E-state index in [2.05, 4.69) is 29.8 Å². The van der Waals surface area contributed by atoms with Gasteiger partial charge in [0.15, 0.2) is 0 Å². The van der Waals surface area contributed by atoms with Crippen LogP contribution in [0.5, 0.6) is 0 Å². The van der Waals surface area contributed by atoms with Crippen LogP contribution in [-0.2, 0) is 24.3 Å². The van der Waals surface area contributed by atoms with Gasteiger partial charge in [0.2, 0.25) is 15.9 Å². The number of benzene rings is 1. The van der Waals surface area contributed by atoms with Gasteiger partial charge in [0.25, 0.3) is 0 Å². The Morgan fingerprint density at radius 2 is 1.87 bits per heavy atom. The first-order valence-corrected chi connectivity index (χ1v) is 18.7. The predicted octanol–water partition coefficient (Wildman–Crippen LogP) is 4.57. The Kier molecular flexibility index (Phi) is 11.4. The maximum Gasteiger partial charge on any atom is 0.407 e. The number of piperazine rings is 1. The van der Waals surface area contributed by atoms with Crippen LogP contribution < -0.4 is 16.0 Å². The molecule has 10 nitrogen and oxygen atoms in total. The number of fused-ring (bicyclic) bond motifs is 2. The lowest BCUT2D eigenvalue weighted by molar-refractivity contribution is -0.126. The number of nitrogens with one attached hydrogen (secondary N) is 3. The Bertz CT molecular complexity index is 1280. The Morgan fingerprint density at radius 3 is 2.60 bits per heavy atom. The van der Waals surface area contributed by atoms with E-state index in [-0.39, 0.29) is 53.1 Å². The number of carbonyl (C=O) groups excluding carboxylic acids is 2. The molecule has 4 aliphatic rings. The maximum absolute atomic E-state index is 14.3. The molecule has 2 amide bonds. The SMILES string of the molecule is COC(=O)NC(C(=O)NC1CCCCC1CCC1CNC2CCCS(=O)(=O)N1C2)C(c1ccc(Cl)cc1)C1CCOC(C)(C)C1. The van der Waals surface area contributed by atoms with Crippen molar-refractivity contribution in [2.45, 2.75) is 114 Å². The highest BCUT2D eigenvalue weighted by Crippen LogP contribution is 2.41. The van der Waals surface area contributed by atoms with E-state index in [0.29, 0.717) is 31.1 Å². The molecule has 5 rings (SSSR count). The summed E-state index contributed by atoms with van der Waals surface area (Å²) in [6.07, 6.45) is 7.93. The Balaban J connectivity index is 1.34. The van der Waals surface area contributed by atoms with E-state index < -0.39 is 22.2 Å². The number of hydrogen-bond donors (Lipinski definition) is 3. The van der Waals surface area contributed by atoms with Crippen LogP contribution in [0.1, 0.15) is 89.5 Å². The van der Waals surface area contributed by atoms with Crippen molar-refractivity contribution >= 4 is 33.6 Å². The normalized spacial score (nSPS) is 32.4. The zero-order valence-electron chi connectivity index (χ0n) is 26.9. The molecular weight excluding hydrogens is 616 g/mol. The second kappa shape index (κ2) is 14.9. The summed E-state index contributed by atoms with van der Waals surface area (Å²) in [6.45, 7) is 5.91. The van der Waals surface area contributed by atoms with Gasteiger partial charge in [-0.15, -0.1) is 0 Å². The fraction of sp³-hybridized carbons (Fsp3) is 0.758. The highest BCUT2D eigenvalue weighted by molar-refractivity contribution is 7.89. The van der Waals surface area contributed by atoms with E-state index in [1.807, 2.05) is 24.3 Å². The van der Waals surface area contributed by atoms with Gasteiger partial charge in [-0.1, -0.05) is 36.6 Å². The third-order valence-electron chi connectivity index (χ3n) is 10.5. The van der Waals surface area contributed by atoms with Gasteiger partial charge in [0.1, 0.15) is 6.04 Å². The number of hydrogen-bond acceptors (Lipinski definition) is 7. The standard InChI is InChI=1S/C33H51ClN4O6S/c1-33(2)19-24(16-17-44-33)29(23-10-13-25(34)14-11-23)30(37-32(40)43-3)31(39)36-28-9-5-4-7-22(28)12-15-27-20-35-26-8-6-18-45(41,42)38(27)21-26/h10-11,13-14,22,24,26-30,35H,4-9,12,15-21H2,1-3H3,(H,36,39)(H,37,40). The number of ether oxygens (including phenoxy) is 2. The molecule has 4 fully saturated rings. The summed E-state index contributed by atoms with van der Waals surface area (Å²) in [4.78, 5) is 27.0. The molecular formula is C33H51ClN4O6S. The topological polar surface area (TPSA) is 126 Å². The maximum atomic E-state index is 14.3. The number of halogens is 1. The Morgan fingerprint density at radius 1 is 1.11 bits per heavy atom. The summed E-state index contributed by atoms with van der Waals surface area (Å²) in [5.41, 5.74) is 0.573. The number of amides is 2. The van der Waals surface area contributed by atoms with E-state index in [1.165, 1.54) is 7.11 Å². The van der Waals surface area contributed by atoms with Gasteiger partial charge < -0.3 is 25.4 Å². The van der Waals surface area contributed by atoms with Gasteiger partial charge in [0, 0.05) is 48.8 Å². The summed E-state index contributed by atoms with van der Waals surface area (Å²) in [7, 11) is -1.95. The molecule has 0 radical (unpaired) electrons. The van der Waals surface area contributed by atoms with Crippen LogP contribution in [0.2, 0.25) is 5.02 Å². The molecule has 1 aromatic carbocycles. The molecule has 1 aliphatic carbocycles. The second-order valence-electron chi connectivity index (χ2n) is 14.1. The van der Waals surface area contributed by atoms with Crippen molar-refractivity contribution in [3.8, 4) is 0 Å². The van der Waals surface area contributed by atoms with Crippen molar-refractivity contribution in [3.05, 3.63) is 34.9 Å². The van der Waals surface area contributed by atoms with Crippen molar-refractivity contribution in [2.24, 2.45) is 11.8 Å². The summed E-state index contributed by atoms with van der Waals surface area (Å²) >= 11 is 6.25. The number of nitrogens with zero attached hydrogens (tertiary/aromatic N) is 1. The van der Waals surface area contributed by atoms with Crippen LogP contribution in [0.3, 0.4) is 0 Å². The van der Waals surface area contributed by atoms with Gasteiger partial charge in [-0.2, -0.15) is 4.31 Å². The summed E-state index contributed by atoms with van der Waals surface area (Å²) in [5, 5.41) is 10.4. The van der Waals surface area contributed by atoms with E-state index in [0.717, 1.165) is 63.4 Å². The van der Waals surface area contributed by atoms with Gasteiger partial charge in [0.05, 0.1) is 18.5 Å². The molecule has 8 unspecified atom stereocenters. The molecule has 0 spiro atoms. The number of sulfonamides is 1. The lowest BCUT2D eigenvalue weighted by Crippen LogP contribution is -2.57. The molecule has 1 aromatic rings. The molecule has 3 heterocycles. The molecule has 252 valence electrons. The summed E-state index contributed by atoms with van der Waals surface area (Å²) in [6, 6.07) is 6.78. The Labute approximate surface area is 273 Å². The van der Waals surface area contributed by atoms with E-state index >= 15 is 0 Å². The van der Waals surface area contributed by atoms with E-state index in [1.54, 1.807) is 4.31 Å². The van der Waals surface area contributed by atoms with Crippen LogP contribution in [0.25, 0.3) is 0 Å². The molecule has 45 heavy (non-hydrogen) atoms. The molecule has 3 N–H and O–H groups in total. The summed E-state index contributed by atoms with van der Waals surface area (Å²) < 4.78 is 38.8. The first-order chi connectivity index (χ1) is 21.5. The van der Waals surface area contributed by atoms with Crippen molar-refractivity contribution in [2.75, 3.05) is 32.6 Å². The molecule has 1 saturated carbocycles. The lowest BCUT2D eigenvalue weighted by Gasteiger charge is -2.42. The van der Waals surface area contributed by atoms with Gasteiger partial charge in [-0.3, -0.25) is 4.79 Å². The predicted molar refractivity (Wildman–Crippen MR) is 175 cm³/mol. The average Bonchev–Trinajstić information content (AvgIpc) is 3.12. The zero-order valence-corrected chi connectivity index (χ0v) is 28.5. The number of alkyl carbamates (subject to hydrolysis) is 1. The monoisotopic (exact) mass is 666 g/mol. The molecule has 12 heteroatoms. The van der Waals surface area contributed by atoms with Crippen LogP contribution >= 0.6 is 11.6 Å². The first kappa shape index (κ1) is 34.4. The highest BCUT2D eigenvalue weighted by atomic mass is 35.5. The minimum absolute atomic E-state index is 0.0600. The number of carbonyl (C=O) groups is 2. The quantitative estimate of drug-likeness (QED) is 0.353. The van der Waals surface area contributed by atoms with Crippen molar-refractivity contribution in [1.29, 1.82) is 0 Å². The van der Waals surface area contributed by atoms with E-state index in [9.17, 15) is 18.0 Å². The molecule has 3 saturated heterocycles. The van der Waals surface area contributed by atoms with Crippen molar-refractivity contribution in [3.63, 3.8) is 0 Å². The highest BCUT2D eigenvalue weighted by Gasteiger charge is 2.43. The van der Waals surface area contributed by atoms with Crippen molar-refractivity contribution in [1.82, 2.24) is 20.3 Å². The summed E-state index contributed by atoms with van der Waals surface area (Å²) in [5.74, 6) is -0.0229. The largest absolute Gasteiger partial charge is 0.453 e. The minimum Gasteiger partial charge on any atom is -0.453 e. The van der Waals surface area contributed by atoms with Gasteiger partial charge in [-0.05, 0) is 94.7 Å². The van der Waals surface area contributed by atoms with Crippen LogP contribution in [-0.4, -0.2) is 87.1 Å². The zero-order chi connectivity index (χ0) is 32.2. The van der Waals surface area contributed by atoms with Gasteiger partial charge >= 0.3 is 6.09 Å². The molecule has 0 aromatic heterocycles. The molecule has 8 atom stereocenters. The second-order valence-corrected chi connectivity index (χ2v) is 16.6. The number of rotatable bonds is 9. The van der Waals surface area contributed by atoms with Crippen LogP contribution in [0, 0.1) is 11.8 Å². The fourth-order valence-corrected chi connectivity index (χ4v) is 10.1. The molecule has 3 aliphatic heterocycles. The third-order valence-corrected chi connectivity index (χ3v) is 12.7. The Hall–Kier alpha value is -1.92. The lowest BCUT2D eigenvalue weighted by atomic mass is 9.72. The molecule has 2 bridgehead atoms. The minimum atomic E-state index is -3.26. The third kappa shape index (κ3) is 8.71.